The highest BCUT2D eigenvalue weighted by molar-refractivity contribution is 7.89. The number of hydrogen-bond donors (Lipinski definition) is 2. The normalized spacial score (nSPS) is 11.4. The van der Waals surface area contributed by atoms with E-state index in [-0.39, 0.29) is 22.3 Å². The van der Waals surface area contributed by atoms with Gasteiger partial charge in [-0.05, 0) is 24.1 Å². The molecule has 0 aromatic carbocycles. The zero-order valence-corrected chi connectivity index (χ0v) is 12.0. The molecule has 6 nitrogen and oxygen atoms in total. The van der Waals surface area contributed by atoms with Gasteiger partial charge in [0.05, 0.1) is 5.02 Å². The monoisotopic (exact) mass is 312 g/mol. The van der Waals surface area contributed by atoms with Crippen LogP contribution in [-0.4, -0.2) is 24.9 Å². The number of halogens is 1. The molecule has 0 radical (unpaired) electrons. The number of nitrogens with two attached hydrogens (primary N) is 1. The summed E-state index contributed by atoms with van der Waals surface area (Å²) in [7, 11) is -3.64. The SMILES string of the molecule is Nc1ncc(S(=O)(=O)NCCc2cccnc2)cc1Cl. The van der Waals surface area contributed by atoms with E-state index in [2.05, 4.69) is 14.7 Å². The average Bonchev–Trinajstić information content (AvgIpc) is 2.43. The molecule has 0 saturated carbocycles. The van der Waals surface area contributed by atoms with Crippen LogP contribution < -0.4 is 10.5 Å². The van der Waals surface area contributed by atoms with Gasteiger partial charge >= 0.3 is 0 Å². The number of hydrogen-bond acceptors (Lipinski definition) is 5. The summed E-state index contributed by atoms with van der Waals surface area (Å²) >= 11 is 5.76. The van der Waals surface area contributed by atoms with Crippen molar-refractivity contribution in [3.8, 4) is 0 Å². The molecule has 0 amide bonds. The number of nitrogens with one attached hydrogen (secondary N) is 1. The van der Waals surface area contributed by atoms with Crippen molar-refractivity contribution >= 4 is 27.4 Å². The zero-order valence-electron chi connectivity index (χ0n) is 10.5. The predicted molar refractivity (Wildman–Crippen MR) is 76.8 cm³/mol. The Labute approximate surface area is 122 Å². The molecule has 0 unspecified atom stereocenters. The van der Waals surface area contributed by atoms with Crippen molar-refractivity contribution in [2.75, 3.05) is 12.3 Å². The number of pyridine rings is 2. The van der Waals surface area contributed by atoms with Gasteiger partial charge in [-0.15, -0.1) is 0 Å². The molecule has 0 aliphatic rings. The lowest BCUT2D eigenvalue weighted by molar-refractivity contribution is 0.581. The highest BCUT2D eigenvalue weighted by Gasteiger charge is 2.15. The van der Waals surface area contributed by atoms with E-state index in [1.54, 1.807) is 18.5 Å². The second kappa shape index (κ2) is 6.17. The summed E-state index contributed by atoms with van der Waals surface area (Å²) < 4.78 is 26.5. The minimum absolute atomic E-state index is 0.0112. The third-order valence-corrected chi connectivity index (χ3v) is 4.31. The van der Waals surface area contributed by atoms with Gasteiger partial charge in [0.2, 0.25) is 10.0 Å². The minimum Gasteiger partial charge on any atom is -0.382 e. The van der Waals surface area contributed by atoms with Gasteiger partial charge in [0.1, 0.15) is 10.7 Å². The van der Waals surface area contributed by atoms with Crippen molar-refractivity contribution < 1.29 is 8.42 Å². The van der Waals surface area contributed by atoms with E-state index in [0.717, 1.165) is 5.56 Å². The molecule has 3 N–H and O–H groups in total. The summed E-state index contributed by atoms with van der Waals surface area (Å²) in [6.07, 6.45) is 5.07. The fraction of sp³-hybridized carbons (Fsp3) is 0.167. The van der Waals surface area contributed by atoms with Gasteiger partial charge in [0, 0.05) is 25.1 Å². The molecule has 0 bridgehead atoms. The van der Waals surface area contributed by atoms with Crippen LogP contribution in [0.1, 0.15) is 5.56 Å². The Kier molecular flexibility index (Phi) is 4.53. The van der Waals surface area contributed by atoms with E-state index in [9.17, 15) is 8.42 Å². The Hall–Kier alpha value is -1.70. The third kappa shape index (κ3) is 3.66. The highest BCUT2D eigenvalue weighted by atomic mass is 35.5. The molecule has 0 aliphatic carbocycles. The Morgan fingerprint density at radius 1 is 1.35 bits per heavy atom. The molecule has 0 spiro atoms. The molecule has 106 valence electrons. The lowest BCUT2D eigenvalue weighted by Gasteiger charge is -2.07. The van der Waals surface area contributed by atoms with Gasteiger partial charge in [-0.3, -0.25) is 4.98 Å². The Bertz CT molecular complexity index is 692. The van der Waals surface area contributed by atoms with Gasteiger partial charge in [0.25, 0.3) is 0 Å². The summed E-state index contributed by atoms with van der Waals surface area (Å²) in [5, 5.41) is 0.111. The molecule has 2 rings (SSSR count). The second-order valence-corrected chi connectivity index (χ2v) is 6.22. The van der Waals surface area contributed by atoms with Crippen molar-refractivity contribution in [1.82, 2.24) is 14.7 Å². The van der Waals surface area contributed by atoms with Crippen LogP contribution in [0.5, 0.6) is 0 Å². The van der Waals surface area contributed by atoms with Gasteiger partial charge in [-0.2, -0.15) is 0 Å². The standard InChI is InChI=1S/C12H13ClN4O2S/c13-11-6-10(8-16-12(11)14)20(18,19)17-5-3-9-2-1-4-15-7-9/h1-2,4,6-8,17H,3,5H2,(H2,14,16). The van der Waals surface area contributed by atoms with Gasteiger partial charge in [-0.1, -0.05) is 17.7 Å². The Morgan fingerprint density at radius 2 is 2.15 bits per heavy atom. The predicted octanol–water partition coefficient (Wildman–Crippen LogP) is 1.23. The minimum atomic E-state index is -3.64. The van der Waals surface area contributed by atoms with Gasteiger partial charge in [-0.25, -0.2) is 18.1 Å². The van der Waals surface area contributed by atoms with Crippen LogP contribution in [0.15, 0.2) is 41.7 Å². The maximum absolute atomic E-state index is 12.0. The average molecular weight is 313 g/mol. The van der Waals surface area contributed by atoms with Gasteiger partial charge in [0.15, 0.2) is 0 Å². The topological polar surface area (TPSA) is 98.0 Å². The maximum Gasteiger partial charge on any atom is 0.242 e. The molecule has 0 fully saturated rings. The van der Waals surface area contributed by atoms with Crippen LogP contribution in [0, 0.1) is 0 Å². The van der Waals surface area contributed by atoms with Crippen molar-refractivity contribution in [3.05, 3.63) is 47.4 Å². The van der Waals surface area contributed by atoms with Crippen molar-refractivity contribution in [2.24, 2.45) is 0 Å². The van der Waals surface area contributed by atoms with Crippen LogP contribution in [0.25, 0.3) is 0 Å². The molecular formula is C12H13ClN4O2S. The highest BCUT2D eigenvalue weighted by Crippen LogP contribution is 2.19. The number of sulfonamides is 1. The molecule has 0 aliphatic heterocycles. The first-order chi connectivity index (χ1) is 9.49. The first-order valence-electron chi connectivity index (χ1n) is 5.78. The molecule has 8 heteroatoms. The van der Waals surface area contributed by atoms with Crippen LogP contribution in [0.4, 0.5) is 5.82 Å². The van der Waals surface area contributed by atoms with Crippen LogP contribution >= 0.6 is 11.6 Å². The van der Waals surface area contributed by atoms with Crippen LogP contribution in [0.2, 0.25) is 5.02 Å². The van der Waals surface area contributed by atoms with Crippen molar-refractivity contribution in [2.45, 2.75) is 11.3 Å². The summed E-state index contributed by atoms with van der Waals surface area (Å²) in [6.45, 7) is 0.260. The van der Waals surface area contributed by atoms with E-state index < -0.39 is 10.0 Å². The molecule has 2 aromatic heterocycles. The molecular weight excluding hydrogens is 300 g/mol. The quantitative estimate of drug-likeness (QED) is 0.865. The summed E-state index contributed by atoms with van der Waals surface area (Å²) in [6, 6.07) is 4.95. The van der Waals surface area contributed by atoms with E-state index in [0.29, 0.717) is 6.42 Å². The van der Waals surface area contributed by atoms with Crippen LogP contribution in [0.3, 0.4) is 0 Å². The summed E-state index contributed by atoms with van der Waals surface area (Å²) in [5.74, 6) is 0.0981. The molecule has 0 atom stereocenters. The zero-order chi connectivity index (χ0) is 14.6. The number of rotatable bonds is 5. The smallest absolute Gasteiger partial charge is 0.242 e. The molecule has 0 saturated heterocycles. The fourth-order valence-electron chi connectivity index (χ4n) is 1.54. The largest absolute Gasteiger partial charge is 0.382 e. The van der Waals surface area contributed by atoms with E-state index in [1.807, 2.05) is 6.07 Å². The molecule has 20 heavy (non-hydrogen) atoms. The van der Waals surface area contributed by atoms with Crippen LogP contribution in [-0.2, 0) is 16.4 Å². The number of aromatic nitrogens is 2. The molecule has 2 aromatic rings. The lowest BCUT2D eigenvalue weighted by Crippen LogP contribution is -2.26. The van der Waals surface area contributed by atoms with Gasteiger partial charge < -0.3 is 5.73 Å². The number of nitrogen functional groups attached to an aromatic ring is 1. The van der Waals surface area contributed by atoms with E-state index >= 15 is 0 Å². The van der Waals surface area contributed by atoms with Crippen molar-refractivity contribution in [1.29, 1.82) is 0 Å². The second-order valence-electron chi connectivity index (χ2n) is 4.05. The first-order valence-corrected chi connectivity index (χ1v) is 7.65. The Morgan fingerprint density at radius 3 is 2.80 bits per heavy atom. The first kappa shape index (κ1) is 14.7. The number of nitrogens with zero attached hydrogens (tertiary/aromatic N) is 2. The Balaban J connectivity index is 2.02. The number of anilines is 1. The third-order valence-electron chi connectivity index (χ3n) is 2.58. The summed E-state index contributed by atoms with van der Waals surface area (Å²) in [4.78, 5) is 7.68. The lowest BCUT2D eigenvalue weighted by atomic mass is 10.2. The van der Waals surface area contributed by atoms with E-state index in [1.165, 1.54) is 12.3 Å². The van der Waals surface area contributed by atoms with Crippen molar-refractivity contribution in [3.63, 3.8) is 0 Å². The molecule has 2 heterocycles. The fourth-order valence-corrected chi connectivity index (χ4v) is 2.77. The maximum atomic E-state index is 12.0. The summed E-state index contributed by atoms with van der Waals surface area (Å²) in [5.41, 5.74) is 6.39. The van der Waals surface area contributed by atoms with E-state index in [4.69, 9.17) is 17.3 Å².